The predicted octanol–water partition coefficient (Wildman–Crippen LogP) is 3.31. The van der Waals surface area contributed by atoms with Gasteiger partial charge in [0.05, 0.1) is 6.26 Å². The summed E-state index contributed by atoms with van der Waals surface area (Å²) in [5.41, 5.74) is 2.73. The van der Waals surface area contributed by atoms with Crippen LogP contribution in [0.3, 0.4) is 0 Å². The van der Waals surface area contributed by atoms with E-state index in [0.717, 1.165) is 21.9 Å². The molecule has 1 aromatic carbocycles. The maximum atomic E-state index is 12.4. The van der Waals surface area contributed by atoms with E-state index in [0.29, 0.717) is 16.7 Å². The number of carbonyl (C=O) groups excluding carboxylic acids is 1. The van der Waals surface area contributed by atoms with E-state index in [2.05, 4.69) is 5.32 Å². The zero-order valence-electron chi connectivity index (χ0n) is 16.3. The van der Waals surface area contributed by atoms with Crippen molar-refractivity contribution in [3.05, 3.63) is 45.5 Å². The van der Waals surface area contributed by atoms with E-state index in [1.807, 2.05) is 19.9 Å². The lowest BCUT2D eigenvalue weighted by atomic mass is 10.00. The molecule has 2 N–H and O–H groups in total. The Morgan fingerprint density at radius 3 is 2.50 bits per heavy atom. The molecule has 3 rings (SSSR count). The van der Waals surface area contributed by atoms with Crippen LogP contribution >= 0.6 is 0 Å². The third-order valence-electron chi connectivity index (χ3n) is 5.03. The maximum Gasteiger partial charge on any atom is 0.339 e. The van der Waals surface area contributed by atoms with Crippen LogP contribution in [0.5, 0.6) is 0 Å². The Morgan fingerprint density at radius 1 is 1.14 bits per heavy atom. The van der Waals surface area contributed by atoms with Gasteiger partial charge in [0.15, 0.2) is 0 Å². The number of carbonyl (C=O) groups is 2. The molecule has 1 amide bonds. The van der Waals surface area contributed by atoms with Crippen molar-refractivity contribution in [3.63, 3.8) is 0 Å². The molecule has 2 aromatic heterocycles. The van der Waals surface area contributed by atoms with Crippen LogP contribution in [0.25, 0.3) is 21.9 Å². The quantitative estimate of drug-likeness (QED) is 0.630. The Balaban J connectivity index is 1.87. The minimum atomic E-state index is -1.08. The van der Waals surface area contributed by atoms with Gasteiger partial charge >= 0.3 is 11.6 Å². The highest BCUT2D eigenvalue weighted by molar-refractivity contribution is 5.96. The van der Waals surface area contributed by atoms with Crippen molar-refractivity contribution in [1.29, 1.82) is 0 Å². The van der Waals surface area contributed by atoms with Crippen LogP contribution in [-0.4, -0.2) is 23.0 Å². The molecule has 0 bridgehead atoms. The lowest BCUT2D eigenvalue weighted by Gasteiger charge is -2.17. The van der Waals surface area contributed by atoms with Crippen molar-refractivity contribution in [2.24, 2.45) is 5.92 Å². The molecule has 3 aromatic rings. The van der Waals surface area contributed by atoms with E-state index in [1.165, 1.54) is 0 Å². The molecule has 7 heteroatoms. The minimum absolute atomic E-state index is 0.000584. The van der Waals surface area contributed by atoms with E-state index in [9.17, 15) is 19.5 Å². The number of hydrogen-bond acceptors (Lipinski definition) is 5. The molecule has 1 atom stereocenters. The topological polar surface area (TPSA) is 110 Å². The average molecular weight is 385 g/mol. The normalized spacial score (nSPS) is 12.6. The van der Waals surface area contributed by atoms with Crippen LogP contribution in [-0.2, 0) is 16.0 Å². The van der Waals surface area contributed by atoms with Crippen molar-refractivity contribution >= 4 is 33.8 Å². The first kappa shape index (κ1) is 19.7. The molecule has 28 heavy (non-hydrogen) atoms. The highest BCUT2D eigenvalue weighted by atomic mass is 16.4. The molecule has 0 spiro atoms. The highest BCUT2D eigenvalue weighted by Gasteiger charge is 2.23. The van der Waals surface area contributed by atoms with Gasteiger partial charge < -0.3 is 19.3 Å². The summed E-state index contributed by atoms with van der Waals surface area (Å²) in [5.74, 6) is -1.74. The maximum absolute atomic E-state index is 12.4. The summed E-state index contributed by atoms with van der Waals surface area (Å²) in [7, 11) is 0. The lowest BCUT2D eigenvalue weighted by Crippen LogP contribution is -2.44. The first-order valence-corrected chi connectivity index (χ1v) is 9.15. The van der Waals surface area contributed by atoms with Gasteiger partial charge in [0.25, 0.3) is 0 Å². The van der Waals surface area contributed by atoms with Gasteiger partial charge in [0.1, 0.15) is 17.2 Å². The van der Waals surface area contributed by atoms with Crippen molar-refractivity contribution in [2.75, 3.05) is 0 Å². The molecule has 0 unspecified atom stereocenters. The zero-order chi connectivity index (χ0) is 20.6. The van der Waals surface area contributed by atoms with Gasteiger partial charge in [-0.1, -0.05) is 13.8 Å². The Kier molecular flexibility index (Phi) is 5.27. The summed E-state index contributed by atoms with van der Waals surface area (Å²) in [4.78, 5) is 35.8. The molecule has 7 nitrogen and oxygen atoms in total. The second-order valence-electron chi connectivity index (χ2n) is 7.38. The number of aryl methyl sites for hydroxylation is 2. The second kappa shape index (κ2) is 7.50. The summed E-state index contributed by atoms with van der Waals surface area (Å²) in [6, 6.07) is 2.66. The predicted molar refractivity (Wildman–Crippen MR) is 104 cm³/mol. The van der Waals surface area contributed by atoms with E-state index >= 15 is 0 Å². The van der Waals surface area contributed by atoms with Crippen molar-refractivity contribution in [3.8, 4) is 0 Å². The fraction of sp³-hybridized carbons (Fsp3) is 0.381. The van der Waals surface area contributed by atoms with Gasteiger partial charge in [-0.15, -0.1) is 0 Å². The summed E-state index contributed by atoms with van der Waals surface area (Å²) in [6.07, 6.45) is 1.82. The lowest BCUT2D eigenvalue weighted by molar-refractivity contribution is -0.143. The molecule has 0 saturated heterocycles. The first-order valence-electron chi connectivity index (χ1n) is 9.15. The number of nitrogens with one attached hydrogen (secondary N) is 1. The molecule has 0 saturated carbocycles. The molecule has 2 heterocycles. The highest BCUT2D eigenvalue weighted by Crippen LogP contribution is 2.29. The van der Waals surface area contributed by atoms with Crippen LogP contribution < -0.4 is 10.9 Å². The molecular formula is C21H23NO6. The number of fused-ring (bicyclic) bond motifs is 2. The fourth-order valence-electron chi connectivity index (χ4n) is 3.32. The molecule has 148 valence electrons. The summed E-state index contributed by atoms with van der Waals surface area (Å²) in [5, 5.41) is 13.4. The van der Waals surface area contributed by atoms with Crippen LogP contribution in [0.15, 0.2) is 32.0 Å². The first-order chi connectivity index (χ1) is 13.2. The Hall–Kier alpha value is -3.09. The molecule has 0 aliphatic heterocycles. The molecule has 0 aliphatic rings. The number of furan rings is 1. The van der Waals surface area contributed by atoms with E-state index < -0.39 is 23.5 Å². The largest absolute Gasteiger partial charge is 0.480 e. The number of benzene rings is 1. The number of rotatable bonds is 6. The van der Waals surface area contributed by atoms with E-state index in [-0.39, 0.29) is 18.8 Å². The molecule has 0 fully saturated rings. The second-order valence-corrected chi connectivity index (χ2v) is 7.38. The van der Waals surface area contributed by atoms with Crippen molar-refractivity contribution in [1.82, 2.24) is 5.32 Å². The SMILES string of the molecule is Cc1coc2cc3oc(=O)c(CCC(=O)N[C@@H](C(=O)O)C(C)C)c(C)c3cc12. The number of amides is 1. The minimum Gasteiger partial charge on any atom is -0.480 e. The third kappa shape index (κ3) is 3.65. The smallest absolute Gasteiger partial charge is 0.339 e. The number of carboxylic acid groups (broad SMARTS) is 1. The van der Waals surface area contributed by atoms with Gasteiger partial charge in [-0.05, 0) is 43.4 Å². The van der Waals surface area contributed by atoms with Crippen LogP contribution in [0.4, 0.5) is 0 Å². The third-order valence-corrected chi connectivity index (χ3v) is 5.03. The van der Waals surface area contributed by atoms with Gasteiger partial charge in [-0.25, -0.2) is 9.59 Å². The van der Waals surface area contributed by atoms with E-state index in [4.69, 9.17) is 8.83 Å². The molecule has 0 aliphatic carbocycles. The summed E-state index contributed by atoms with van der Waals surface area (Å²) in [6.45, 7) is 7.20. The fourth-order valence-corrected chi connectivity index (χ4v) is 3.32. The van der Waals surface area contributed by atoms with Crippen molar-refractivity contribution < 1.29 is 23.5 Å². The molecule has 0 radical (unpaired) electrons. The summed E-state index contributed by atoms with van der Waals surface area (Å²) < 4.78 is 10.9. The van der Waals surface area contributed by atoms with Gasteiger partial charge in [0.2, 0.25) is 5.91 Å². The average Bonchev–Trinajstić information content (AvgIpc) is 2.97. The van der Waals surface area contributed by atoms with Crippen LogP contribution in [0.1, 0.15) is 37.0 Å². The van der Waals surface area contributed by atoms with E-state index in [1.54, 1.807) is 26.2 Å². The van der Waals surface area contributed by atoms with Crippen LogP contribution in [0.2, 0.25) is 0 Å². The molecular weight excluding hydrogens is 362 g/mol. The van der Waals surface area contributed by atoms with Crippen molar-refractivity contribution in [2.45, 2.75) is 46.6 Å². The van der Waals surface area contributed by atoms with Gasteiger partial charge in [-0.3, -0.25) is 4.79 Å². The van der Waals surface area contributed by atoms with Gasteiger partial charge in [0, 0.05) is 28.8 Å². The van der Waals surface area contributed by atoms with Crippen LogP contribution in [0, 0.1) is 19.8 Å². The number of hydrogen-bond donors (Lipinski definition) is 2. The zero-order valence-corrected chi connectivity index (χ0v) is 16.3. The number of aliphatic carboxylic acids is 1. The van der Waals surface area contributed by atoms with Gasteiger partial charge in [-0.2, -0.15) is 0 Å². The monoisotopic (exact) mass is 385 g/mol. The standard InChI is InChI=1S/C21H23NO6/c1-10(2)19(20(24)25)22-18(23)6-5-13-12(4)15-7-14-11(3)9-27-16(14)8-17(15)28-21(13)26/h7-10,19H,5-6H2,1-4H3,(H,22,23)(H,24,25)/t19-/m1/s1. The Labute approximate surface area is 161 Å². The number of carboxylic acids is 1. The summed E-state index contributed by atoms with van der Waals surface area (Å²) >= 11 is 0. The Bertz CT molecular complexity index is 1120. The Morgan fingerprint density at radius 2 is 1.86 bits per heavy atom.